The highest BCUT2D eigenvalue weighted by atomic mass is 14.3. The van der Waals surface area contributed by atoms with E-state index in [9.17, 15) is 0 Å². The van der Waals surface area contributed by atoms with Gasteiger partial charge in [0, 0.05) is 0 Å². The van der Waals surface area contributed by atoms with Gasteiger partial charge in [0.2, 0.25) is 0 Å². The van der Waals surface area contributed by atoms with Crippen LogP contribution < -0.4 is 0 Å². The summed E-state index contributed by atoms with van der Waals surface area (Å²) in [5, 5.41) is 0. The summed E-state index contributed by atoms with van der Waals surface area (Å²) in [6.45, 7) is 4.61. The second-order valence-corrected chi connectivity index (χ2v) is 6.94. The van der Waals surface area contributed by atoms with Crippen molar-refractivity contribution in [2.45, 2.75) is 90.9 Å². The highest BCUT2D eigenvalue weighted by Gasteiger charge is 2.30. The van der Waals surface area contributed by atoms with Crippen LogP contribution in [0.3, 0.4) is 0 Å². The van der Waals surface area contributed by atoms with E-state index in [1.54, 1.807) is 0 Å². The Labute approximate surface area is 127 Å². The fraction of sp³-hybridized carbons (Fsp3) is 0.800. The quantitative estimate of drug-likeness (QED) is 0.374. The van der Waals surface area contributed by atoms with E-state index in [-0.39, 0.29) is 0 Å². The maximum atomic E-state index is 2.52. The third-order valence-corrected chi connectivity index (χ3v) is 5.58. The third-order valence-electron chi connectivity index (χ3n) is 5.58. The zero-order valence-corrected chi connectivity index (χ0v) is 13.8. The van der Waals surface area contributed by atoms with Crippen LogP contribution >= 0.6 is 0 Å². The molecule has 0 spiro atoms. The van der Waals surface area contributed by atoms with Crippen molar-refractivity contribution in [3.8, 4) is 0 Å². The Kier molecular flexibility index (Phi) is 7.17. The molecule has 0 unspecified atom stereocenters. The van der Waals surface area contributed by atoms with Crippen molar-refractivity contribution in [1.82, 2.24) is 0 Å². The summed E-state index contributed by atoms with van der Waals surface area (Å²) < 4.78 is 0. The topological polar surface area (TPSA) is 0 Å². The SMILES string of the molecule is CCCC/C=C/C1CC[C](C2CC[C](CC)CC2)CC1. The minimum absolute atomic E-state index is 0.886. The van der Waals surface area contributed by atoms with Crippen molar-refractivity contribution in [2.75, 3.05) is 0 Å². The molecule has 20 heavy (non-hydrogen) atoms. The number of hydrogen-bond donors (Lipinski definition) is 0. The third kappa shape index (κ3) is 4.93. The number of allylic oxidation sites excluding steroid dienone is 2. The van der Waals surface area contributed by atoms with Crippen LogP contribution in [-0.2, 0) is 0 Å². The molecule has 0 atom stereocenters. The fourth-order valence-electron chi connectivity index (χ4n) is 4.01. The van der Waals surface area contributed by atoms with Crippen LogP contribution in [0.15, 0.2) is 12.2 Å². The van der Waals surface area contributed by atoms with Gasteiger partial charge < -0.3 is 0 Å². The van der Waals surface area contributed by atoms with Crippen LogP contribution in [0, 0.1) is 23.7 Å². The lowest BCUT2D eigenvalue weighted by Crippen LogP contribution is -2.23. The van der Waals surface area contributed by atoms with E-state index in [2.05, 4.69) is 26.0 Å². The summed E-state index contributed by atoms with van der Waals surface area (Å²) in [6.07, 6.45) is 21.8. The molecule has 0 heterocycles. The number of unbranched alkanes of at least 4 members (excludes halogenated alkanes) is 2. The summed E-state index contributed by atoms with van der Waals surface area (Å²) in [7, 11) is 0. The molecule has 0 aromatic heterocycles. The normalized spacial score (nSPS) is 24.7. The van der Waals surface area contributed by atoms with Crippen LogP contribution in [-0.4, -0.2) is 0 Å². The molecule has 0 N–H and O–H groups in total. The standard InChI is InChI=1S/C20H34/c1-3-5-6-7-8-18-11-15-20(16-12-18)19-13-9-17(4-2)10-14-19/h7-8,18-19H,3-6,9-16H2,1-2H3/b8-7+. The summed E-state index contributed by atoms with van der Waals surface area (Å²) in [5.41, 5.74) is 0. The Balaban J connectivity index is 1.65. The van der Waals surface area contributed by atoms with Gasteiger partial charge in [-0.3, -0.25) is 0 Å². The zero-order valence-electron chi connectivity index (χ0n) is 13.8. The first-order valence-corrected chi connectivity index (χ1v) is 9.18. The van der Waals surface area contributed by atoms with Crippen molar-refractivity contribution >= 4 is 0 Å². The van der Waals surface area contributed by atoms with Gasteiger partial charge in [0.15, 0.2) is 0 Å². The van der Waals surface area contributed by atoms with Gasteiger partial charge >= 0.3 is 0 Å². The first-order chi connectivity index (χ1) is 9.83. The minimum Gasteiger partial charge on any atom is -0.0883 e. The van der Waals surface area contributed by atoms with Crippen LogP contribution in [0.25, 0.3) is 0 Å². The molecule has 0 aromatic rings. The molecule has 2 radical (unpaired) electrons. The van der Waals surface area contributed by atoms with Crippen LogP contribution in [0.2, 0.25) is 0 Å². The maximum absolute atomic E-state index is 2.52. The lowest BCUT2D eigenvalue weighted by Gasteiger charge is -2.36. The van der Waals surface area contributed by atoms with Crippen molar-refractivity contribution in [2.24, 2.45) is 11.8 Å². The highest BCUT2D eigenvalue weighted by Crippen LogP contribution is 2.43. The molecule has 0 nitrogen and oxygen atoms in total. The predicted octanol–water partition coefficient (Wildman–Crippen LogP) is 6.67. The van der Waals surface area contributed by atoms with Crippen LogP contribution in [0.1, 0.15) is 90.9 Å². The Hall–Kier alpha value is -0.260. The smallest absolute Gasteiger partial charge is 0.0210 e. The van der Waals surface area contributed by atoms with Gasteiger partial charge in [-0.2, -0.15) is 0 Å². The average Bonchev–Trinajstić information content (AvgIpc) is 2.52. The van der Waals surface area contributed by atoms with E-state index < -0.39 is 0 Å². The zero-order chi connectivity index (χ0) is 14.2. The number of hydrogen-bond acceptors (Lipinski definition) is 0. The van der Waals surface area contributed by atoms with E-state index in [4.69, 9.17) is 0 Å². The second kappa shape index (κ2) is 8.90. The maximum Gasteiger partial charge on any atom is -0.0210 e. The molecule has 0 amide bonds. The molecule has 114 valence electrons. The molecule has 0 aromatic carbocycles. The molecule has 2 rings (SSSR count). The molecule has 0 aliphatic heterocycles. The fourth-order valence-corrected chi connectivity index (χ4v) is 4.01. The van der Waals surface area contributed by atoms with Gasteiger partial charge in [-0.1, -0.05) is 38.8 Å². The van der Waals surface area contributed by atoms with Gasteiger partial charge in [-0.25, -0.2) is 0 Å². The van der Waals surface area contributed by atoms with Gasteiger partial charge in [-0.05, 0) is 87.9 Å². The minimum atomic E-state index is 0.886. The molecule has 2 aliphatic rings. The molecule has 0 bridgehead atoms. The van der Waals surface area contributed by atoms with Crippen molar-refractivity contribution in [3.63, 3.8) is 0 Å². The van der Waals surface area contributed by atoms with E-state index in [1.807, 2.05) is 11.8 Å². The molecule has 0 saturated heterocycles. The molecule has 0 heteroatoms. The molecule has 2 saturated carbocycles. The van der Waals surface area contributed by atoms with Crippen LogP contribution in [0.5, 0.6) is 0 Å². The van der Waals surface area contributed by atoms with Crippen LogP contribution in [0.4, 0.5) is 0 Å². The summed E-state index contributed by atoms with van der Waals surface area (Å²) >= 11 is 0. The van der Waals surface area contributed by atoms with E-state index >= 15 is 0 Å². The van der Waals surface area contributed by atoms with Crippen molar-refractivity contribution in [1.29, 1.82) is 0 Å². The van der Waals surface area contributed by atoms with E-state index in [0.29, 0.717) is 0 Å². The monoisotopic (exact) mass is 274 g/mol. The number of rotatable bonds is 6. The van der Waals surface area contributed by atoms with Gasteiger partial charge in [0.05, 0.1) is 0 Å². The Morgan fingerprint density at radius 2 is 1.65 bits per heavy atom. The van der Waals surface area contributed by atoms with Gasteiger partial charge in [-0.15, -0.1) is 0 Å². The molecular formula is C20H34. The van der Waals surface area contributed by atoms with E-state index in [1.165, 1.54) is 77.0 Å². The predicted molar refractivity (Wildman–Crippen MR) is 89.4 cm³/mol. The van der Waals surface area contributed by atoms with Crippen molar-refractivity contribution in [3.05, 3.63) is 24.0 Å². The largest absolute Gasteiger partial charge is 0.0883 e. The summed E-state index contributed by atoms with van der Waals surface area (Å²) in [5.74, 6) is 5.63. The van der Waals surface area contributed by atoms with Gasteiger partial charge in [0.25, 0.3) is 0 Å². The molecular weight excluding hydrogens is 240 g/mol. The summed E-state index contributed by atoms with van der Waals surface area (Å²) in [6, 6.07) is 0. The Morgan fingerprint density at radius 3 is 2.25 bits per heavy atom. The highest BCUT2D eigenvalue weighted by molar-refractivity contribution is 5.07. The molecule has 2 aliphatic carbocycles. The Morgan fingerprint density at radius 1 is 0.950 bits per heavy atom. The first-order valence-electron chi connectivity index (χ1n) is 9.18. The summed E-state index contributed by atoms with van der Waals surface area (Å²) in [4.78, 5) is 0. The average molecular weight is 274 g/mol. The van der Waals surface area contributed by atoms with E-state index in [0.717, 1.165) is 11.8 Å². The lowest BCUT2D eigenvalue weighted by molar-refractivity contribution is 0.312. The first kappa shape index (κ1) is 16.1. The van der Waals surface area contributed by atoms with Crippen molar-refractivity contribution < 1.29 is 0 Å². The second-order valence-electron chi connectivity index (χ2n) is 6.94. The lowest BCUT2D eigenvalue weighted by atomic mass is 9.69. The Bertz CT molecular complexity index is 262. The van der Waals surface area contributed by atoms with Gasteiger partial charge in [0.1, 0.15) is 0 Å². The molecule has 2 fully saturated rings.